The number of halogens is 5. The van der Waals surface area contributed by atoms with E-state index in [0.717, 1.165) is 24.3 Å². The van der Waals surface area contributed by atoms with Gasteiger partial charge in [0, 0.05) is 0 Å². The first-order valence-electron chi connectivity index (χ1n) is 5.65. The van der Waals surface area contributed by atoms with Gasteiger partial charge in [-0.2, -0.15) is 18.4 Å². The number of anilines is 2. The first kappa shape index (κ1) is 15.1. The minimum Gasteiger partial charge on any atom is -0.353 e. The molecule has 0 radical (unpaired) electrons. The summed E-state index contributed by atoms with van der Waals surface area (Å²) in [4.78, 5) is 0. The summed E-state index contributed by atoms with van der Waals surface area (Å²) in [5, 5.41) is 11.5. The Kier molecular flexibility index (Phi) is 4.05. The molecular weight excluding hydrogens is 308 g/mol. The lowest BCUT2D eigenvalue weighted by molar-refractivity contribution is -0.137. The van der Waals surface area contributed by atoms with E-state index in [0.29, 0.717) is 0 Å². The average Bonchev–Trinajstić information content (AvgIpc) is 2.40. The van der Waals surface area contributed by atoms with Crippen LogP contribution in [0.15, 0.2) is 36.4 Å². The molecule has 0 saturated carbocycles. The molecule has 108 valence electrons. The van der Waals surface area contributed by atoms with Crippen molar-refractivity contribution in [1.82, 2.24) is 0 Å². The van der Waals surface area contributed by atoms with Crippen LogP contribution in [0.4, 0.5) is 28.9 Å². The van der Waals surface area contributed by atoms with Gasteiger partial charge in [-0.15, -0.1) is 0 Å². The van der Waals surface area contributed by atoms with Crippen LogP contribution in [0.5, 0.6) is 0 Å². The van der Waals surface area contributed by atoms with Gasteiger partial charge in [0.2, 0.25) is 0 Å². The zero-order valence-electron chi connectivity index (χ0n) is 10.3. The largest absolute Gasteiger partial charge is 0.416 e. The van der Waals surface area contributed by atoms with E-state index in [9.17, 15) is 17.6 Å². The number of hydrogen-bond acceptors (Lipinski definition) is 2. The van der Waals surface area contributed by atoms with Crippen molar-refractivity contribution in [2.45, 2.75) is 6.18 Å². The Morgan fingerprint density at radius 1 is 1.10 bits per heavy atom. The highest BCUT2D eigenvalue weighted by molar-refractivity contribution is 6.33. The first-order valence-corrected chi connectivity index (χ1v) is 6.03. The second kappa shape index (κ2) is 5.62. The van der Waals surface area contributed by atoms with Crippen molar-refractivity contribution >= 4 is 23.0 Å². The van der Waals surface area contributed by atoms with Crippen LogP contribution in [0.3, 0.4) is 0 Å². The summed E-state index contributed by atoms with van der Waals surface area (Å²) in [6.45, 7) is 0. The van der Waals surface area contributed by atoms with E-state index in [1.165, 1.54) is 12.1 Å². The van der Waals surface area contributed by atoms with Gasteiger partial charge in [0.1, 0.15) is 17.4 Å². The van der Waals surface area contributed by atoms with Crippen LogP contribution in [-0.2, 0) is 6.18 Å². The van der Waals surface area contributed by atoms with E-state index in [2.05, 4.69) is 5.32 Å². The molecule has 0 spiro atoms. The highest BCUT2D eigenvalue weighted by atomic mass is 35.5. The van der Waals surface area contributed by atoms with E-state index in [1.54, 1.807) is 6.07 Å². The molecule has 0 aliphatic heterocycles. The second-order valence-electron chi connectivity index (χ2n) is 4.09. The van der Waals surface area contributed by atoms with Gasteiger partial charge in [0.15, 0.2) is 0 Å². The summed E-state index contributed by atoms with van der Waals surface area (Å²) in [5.41, 5.74) is -1.22. The van der Waals surface area contributed by atoms with Crippen LogP contribution in [0, 0.1) is 17.1 Å². The SMILES string of the molecule is N#Cc1c(F)cccc1Nc1cc(C(F)(F)F)ccc1Cl. The molecule has 0 aromatic heterocycles. The van der Waals surface area contributed by atoms with Gasteiger partial charge in [-0.1, -0.05) is 17.7 Å². The fraction of sp³-hybridized carbons (Fsp3) is 0.0714. The van der Waals surface area contributed by atoms with Crippen LogP contribution in [0.25, 0.3) is 0 Å². The standard InChI is InChI=1S/C14H7ClF4N2/c15-10-5-4-8(14(17,18)19)6-13(10)21-12-3-1-2-11(16)9(12)7-20/h1-6,21H. The lowest BCUT2D eigenvalue weighted by Crippen LogP contribution is -2.06. The summed E-state index contributed by atoms with van der Waals surface area (Å²) in [7, 11) is 0. The molecule has 2 rings (SSSR count). The molecule has 0 atom stereocenters. The van der Waals surface area contributed by atoms with Gasteiger partial charge in [-0.3, -0.25) is 0 Å². The molecule has 2 aromatic rings. The van der Waals surface area contributed by atoms with Gasteiger partial charge in [0.05, 0.1) is 22.0 Å². The number of nitrogens with one attached hydrogen (secondary N) is 1. The Morgan fingerprint density at radius 2 is 1.81 bits per heavy atom. The number of nitriles is 1. The van der Waals surface area contributed by atoms with Crippen molar-refractivity contribution < 1.29 is 17.6 Å². The molecule has 0 bridgehead atoms. The molecule has 7 heteroatoms. The van der Waals surface area contributed by atoms with Gasteiger partial charge < -0.3 is 5.32 Å². The average molecular weight is 315 g/mol. The van der Waals surface area contributed by atoms with E-state index < -0.39 is 17.6 Å². The van der Waals surface area contributed by atoms with Crippen molar-refractivity contribution in [3.05, 3.63) is 58.4 Å². The molecule has 0 amide bonds. The van der Waals surface area contributed by atoms with Gasteiger partial charge in [-0.05, 0) is 30.3 Å². The molecule has 2 aromatic carbocycles. The molecule has 21 heavy (non-hydrogen) atoms. The summed E-state index contributed by atoms with van der Waals surface area (Å²) in [5.74, 6) is -0.773. The number of benzene rings is 2. The number of nitrogens with zero attached hydrogens (tertiary/aromatic N) is 1. The molecule has 0 saturated heterocycles. The summed E-state index contributed by atoms with van der Waals surface area (Å²) < 4.78 is 51.4. The minimum atomic E-state index is -4.53. The molecule has 0 unspecified atom stereocenters. The van der Waals surface area contributed by atoms with E-state index >= 15 is 0 Å². The van der Waals surface area contributed by atoms with Crippen molar-refractivity contribution in [2.24, 2.45) is 0 Å². The van der Waals surface area contributed by atoms with Crippen molar-refractivity contribution in [3.8, 4) is 6.07 Å². The molecule has 0 aliphatic rings. The van der Waals surface area contributed by atoms with Crippen molar-refractivity contribution in [2.75, 3.05) is 5.32 Å². The molecule has 1 N–H and O–H groups in total. The maximum Gasteiger partial charge on any atom is 0.416 e. The van der Waals surface area contributed by atoms with Gasteiger partial charge in [0.25, 0.3) is 0 Å². The third-order valence-electron chi connectivity index (χ3n) is 2.69. The maximum atomic E-state index is 13.4. The van der Waals surface area contributed by atoms with Crippen LogP contribution in [0.1, 0.15) is 11.1 Å². The normalized spacial score (nSPS) is 11.0. The zero-order valence-corrected chi connectivity index (χ0v) is 11.1. The third-order valence-corrected chi connectivity index (χ3v) is 3.02. The third kappa shape index (κ3) is 3.26. The monoisotopic (exact) mass is 314 g/mol. The highest BCUT2D eigenvalue weighted by Crippen LogP contribution is 2.35. The highest BCUT2D eigenvalue weighted by Gasteiger charge is 2.31. The molecular formula is C14H7ClF4N2. The second-order valence-corrected chi connectivity index (χ2v) is 4.50. The lowest BCUT2D eigenvalue weighted by Gasteiger charge is -2.13. The van der Waals surface area contributed by atoms with Crippen LogP contribution in [0.2, 0.25) is 5.02 Å². The fourth-order valence-electron chi connectivity index (χ4n) is 1.68. The molecule has 0 aliphatic carbocycles. The Balaban J connectivity index is 2.46. The van der Waals surface area contributed by atoms with Crippen molar-refractivity contribution in [3.63, 3.8) is 0 Å². The predicted octanol–water partition coefficient (Wildman–Crippen LogP) is 5.11. The summed E-state index contributed by atoms with van der Waals surface area (Å²) in [6.07, 6.45) is -4.53. The number of hydrogen-bond donors (Lipinski definition) is 1. The Bertz CT molecular complexity index is 720. The van der Waals surface area contributed by atoms with Crippen LogP contribution >= 0.6 is 11.6 Å². The summed E-state index contributed by atoms with van der Waals surface area (Å²) >= 11 is 5.83. The summed E-state index contributed by atoms with van der Waals surface area (Å²) in [6, 6.07) is 8.15. The quantitative estimate of drug-likeness (QED) is 0.782. The van der Waals surface area contributed by atoms with E-state index in [4.69, 9.17) is 16.9 Å². The smallest absolute Gasteiger partial charge is 0.353 e. The zero-order chi connectivity index (χ0) is 15.6. The topological polar surface area (TPSA) is 35.8 Å². The Morgan fingerprint density at radius 3 is 2.43 bits per heavy atom. The molecule has 2 nitrogen and oxygen atoms in total. The maximum absolute atomic E-state index is 13.4. The van der Waals surface area contributed by atoms with Crippen LogP contribution < -0.4 is 5.32 Å². The fourth-order valence-corrected chi connectivity index (χ4v) is 1.85. The van der Waals surface area contributed by atoms with Gasteiger partial charge >= 0.3 is 6.18 Å². The van der Waals surface area contributed by atoms with E-state index in [1.807, 2.05) is 0 Å². The Hall–Kier alpha value is -2.26. The Labute approximate surface area is 122 Å². The van der Waals surface area contributed by atoms with Gasteiger partial charge in [-0.25, -0.2) is 4.39 Å². The molecule has 0 heterocycles. The molecule has 0 fully saturated rings. The minimum absolute atomic E-state index is 0.0242. The van der Waals surface area contributed by atoms with Crippen molar-refractivity contribution in [1.29, 1.82) is 5.26 Å². The van der Waals surface area contributed by atoms with E-state index in [-0.39, 0.29) is 22.0 Å². The number of rotatable bonds is 2. The first-order chi connectivity index (χ1) is 9.82. The predicted molar refractivity (Wildman–Crippen MR) is 70.9 cm³/mol. The number of alkyl halides is 3. The lowest BCUT2D eigenvalue weighted by atomic mass is 10.1. The van der Waals surface area contributed by atoms with Crippen LogP contribution in [-0.4, -0.2) is 0 Å².